The average Bonchev–Trinajstić information content (AvgIpc) is 3.58. The number of anilines is 2. The second kappa shape index (κ2) is 10.0. The van der Waals surface area contributed by atoms with Gasteiger partial charge in [0.25, 0.3) is 0 Å². The summed E-state index contributed by atoms with van der Waals surface area (Å²) >= 11 is 0. The standard InChI is InChI=1S/C32H35N3O5/c1-3-24(19-36)35-27(29(38)34-23-15-14-20-10-8-9-11-21(20)18-23)32-17-16-31(4-2,40-32)25(26(32)30(35)39)28(37)33-22-12-6-5-7-13-22/h5-15,18,24-27,36H,3-4,16-17,19H2,1-2H3,(H,33,37)(H,34,38)/t24-,25-,26-,27?,31+,32?/m0/s1. The normalized spacial score (nSPS) is 29.4. The summed E-state index contributed by atoms with van der Waals surface area (Å²) in [5.74, 6) is -2.52. The van der Waals surface area contributed by atoms with Crippen LogP contribution in [0.4, 0.5) is 11.4 Å². The van der Waals surface area contributed by atoms with Crippen molar-refractivity contribution >= 4 is 39.9 Å². The number of hydrogen-bond acceptors (Lipinski definition) is 5. The minimum Gasteiger partial charge on any atom is -0.394 e. The SMILES string of the molecule is CC[C@@H](CO)N1C(=O)[C@@H]2[C@@H](C(=O)Nc3ccccc3)[C@@]3(CC)CCC2(O3)C1C(=O)Nc1ccc2ccccc2c1. The molecule has 3 aliphatic rings. The van der Waals surface area contributed by atoms with E-state index in [0.29, 0.717) is 37.1 Å². The number of benzene rings is 3. The fraction of sp³-hybridized carbons (Fsp3) is 0.406. The molecular formula is C32H35N3O5. The molecular weight excluding hydrogens is 506 g/mol. The van der Waals surface area contributed by atoms with Gasteiger partial charge in [-0.3, -0.25) is 14.4 Å². The molecule has 3 fully saturated rings. The van der Waals surface area contributed by atoms with Crippen molar-refractivity contribution in [3.63, 3.8) is 0 Å². The third-order valence-corrected chi connectivity index (χ3v) is 9.28. The lowest BCUT2D eigenvalue weighted by Gasteiger charge is -2.37. The van der Waals surface area contributed by atoms with Crippen molar-refractivity contribution in [1.82, 2.24) is 4.90 Å². The van der Waals surface area contributed by atoms with Crippen LogP contribution in [0.15, 0.2) is 72.8 Å². The Kier molecular flexibility index (Phi) is 6.63. The number of ether oxygens (including phenoxy) is 1. The van der Waals surface area contributed by atoms with Gasteiger partial charge < -0.3 is 25.4 Å². The summed E-state index contributed by atoms with van der Waals surface area (Å²) in [5, 5.41) is 18.3. The fourth-order valence-electron chi connectivity index (χ4n) is 7.38. The summed E-state index contributed by atoms with van der Waals surface area (Å²) in [6.45, 7) is 3.56. The van der Waals surface area contributed by atoms with E-state index in [0.717, 1.165) is 10.8 Å². The van der Waals surface area contributed by atoms with E-state index in [2.05, 4.69) is 10.6 Å². The van der Waals surface area contributed by atoms with Crippen molar-refractivity contribution in [2.24, 2.45) is 11.8 Å². The molecule has 2 unspecified atom stereocenters. The van der Waals surface area contributed by atoms with E-state index in [4.69, 9.17) is 4.74 Å². The van der Waals surface area contributed by atoms with Crippen molar-refractivity contribution in [1.29, 1.82) is 0 Å². The number of para-hydroxylation sites is 1. The Morgan fingerprint density at radius 1 is 0.950 bits per heavy atom. The van der Waals surface area contributed by atoms with E-state index in [1.165, 1.54) is 4.90 Å². The molecule has 2 bridgehead atoms. The molecule has 8 heteroatoms. The molecule has 8 nitrogen and oxygen atoms in total. The number of likely N-dealkylation sites (tertiary alicyclic amines) is 1. The van der Waals surface area contributed by atoms with E-state index >= 15 is 0 Å². The first-order valence-electron chi connectivity index (χ1n) is 14.2. The van der Waals surface area contributed by atoms with Crippen LogP contribution < -0.4 is 10.6 Å². The van der Waals surface area contributed by atoms with E-state index in [1.54, 1.807) is 0 Å². The molecule has 0 radical (unpaired) electrons. The van der Waals surface area contributed by atoms with Gasteiger partial charge in [0.15, 0.2) is 0 Å². The van der Waals surface area contributed by atoms with Crippen molar-refractivity contribution in [3.05, 3.63) is 72.8 Å². The van der Waals surface area contributed by atoms with Crippen molar-refractivity contribution in [2.75, 3.05) is 17.2 Å². The van der Waals surface area contributed by atoms with E-state index in [1.807, 2.05) is 86.6 Å². The molecule has 6 atom stereocenters. The summed E-state index contributed by atoms with van der Waals surface area (Å²) in [6.07, 6.45) is 2.07. The number of carbonyl (C=O) groups excluding carboxylic acids is 3. The molecule has 0 aliphatic carbocycles. The Hall–Kier alpha value is -3.75. The van der Waals surface area contributed by atoms with Crippen LogP contribution in [0, 0.1) is 11.8 Å². The number of fused-ring (bicyclic) bond motifs is 2. The summed E-state index contributed by atoms with van der Waals surface area (Å²) < 4.78 is 6.81. The molecule has 3 aliphatic heterocycles. The lowest BCUT2D eigenvalue weighted by atomic mass is 9.65. The number of amides is 3. The van der Waals surface area contributed by atoms with E-state index in [9.17, 15) is 19.5 Å². The van der Waals surface area contributed by atoms with Crippen molar-refractivity contribution in [2.45, 2.75) is 62.8 Å². The third kappa shape index (κ3) is 3.92. The summed E-state index contributed by atoms with van der Waals surface area (Å²) in [5.41, 5.74) is -0.738. The number of nitrogens with zero attached hydrogens (tertiary/aromatic N) is 1. The maximum absolute atomic E-state index is 14.3. The molecule has 3 saturated heterocycles. The van der Waals surface area contributed by atoms with Gasteiger partial charge in [-0.05, 0) is 60.7 Å². The molecule has 208 valence electrons. The molecule has 6 rings (SSSR count). The van der Waals surface area contributed by atoms with Crippen LogP contribution in [0.1, 0.15) is 39.5 Å². The maximum atomic E-state index is 14.3. The van der Waals surface area contributed by atoms with Crippen molar-refractivity contribution in [3.8, 4) is 0 Å². The first-order valence-corrected chi connectivity index (χ1v) is 14.2. The average molecular weight is 542 g/mol. The first kappa shape index (κ1) is 26.5. The van der Waals surface area contributed by atoms with Gasteiger partial charge in [0.05, 0.1) is 30.1 Å². The van der Waals surface area contributed by atoms with Gasteiger partial charge in [0, 0.05) is 11.4 Å². The molecule has 3 N–H and O–H groups in total. The largest absolute Gasteiger partial charge is 0.394 e. The van der Waals surface area contributed by atoms with Gasteiger partial charge in [-0.15, -0.1) is 0 Å². The number of rotatable bonds is 8. The molecule has 3 heterocycles. The van der Waals surface area contributed by atoms with Crippen LogP contribution in [0.3, 0.4) is 0 Å². The summed E-state index contributed by atoms with van der Waals surface area (Å²) in [4.78, 5) is 43.8. The zero-order chi connectivity index (χ0) is 28.1. The lowest BCUT2D eigenvalue weighted by Crippen LogP contribution is -2.56. The van der Waals surface area contributed by atoms with Crippen LogP contribution in [0.5, 0.6) is 0 Å². The smallest absolute Gasteiger partial charge is 0.250 e. The summed E-state index contributed by atoms with van der Waals surface area (Å²) in [6, 6.07) is 21.2. The Morgan fingerprint density at radius 2 is 1.65 bits per heavy atom. The molecule has 0 saturated carbocycles. The van der Waals surface area contributed by atoms with E-state index < -0.39 is 35.1 Å². The quantitative estimate of drug-likeness (QED) is 0.393. The minimum atomic E-state index is -1.16. The monoisotopic (exact) mass is 541 g/mol. The molecule has 0 aromatic heterocycles. The van der Waals surface area contributed by atoms with Crippen LogP contribution in [-0.4, -0.2) is 57.6 Å². The number of aliphatic hydroxyl groups excluding tert-OH is 1. The van der Waals surface area contributed by atoms with Gasteiger partial charge in [-0.2, -0.15) is 0 Å². The van der Waals surface area contributed by atoms with Gasteiger partial charge in [0.2, 0.25) is 17.7 Å². The van der Waals surface area contributed by atoms with E-state index in [-0.39, 0.29) is 24.3 Å². The van der Waals surface area contributed by atoms with Gasteiger partial charge >= 0.3 is 0 Å². The maximum Gasteiger partial charge on any atom is 0.250 e. The van der Waals surface area contributed by atoms with Crippen LogP contribution in [-0.2, 0) is 19.1 Å². The van der Waals surface area contributed by atoms with Gasteiger partial charge in [0.1, 0.15) is 11.6 Å². The Balaban J connectivity index is 1.39. The molecule has 40 heavy (non-hydrogen) atoms. The molecule has 1 spiro atoms. The second-order valence-corrected chi connectivity index (χ2v) is 11.2. The highest BCUT2D eigenvalue weighted by atomic mass is 16.5. The predicted octanol–water partition coefficient (Wildman–Crippen LogP) is 4.34. The predicted molar refractivity (Wildman–Crippen MR) is 153 cm³/mol. The lowest BCUT2D eigenvalue weighted by molar-refractivity contribution is -0.148. The fourth-order valence-corrected chi connectivity index (χ4v) is 7.38. The number of hydrogen-bond donors (Lipinski definition) is 3. The topological polar surface area (TPSA) is 108 Å². The molecule has 3 aromatic rings. The number of aliphatic hydroxyl groups is 1. The Labute approximate surface area is 233 Å². The highest BCUT2D eigenvalue weighted by Gasteiger charge is 2.79. The summed E-state index contributed by atoms with van der Waals surface area (Å²) in [7, 11) is 0. The third-order valence-electron chi connectivity index (χ3n) is 9.28. The highest BCUT2D eigenvalue weighted by molar-refractivity contribution is 6.06. The minimum absolute atomic E-state index is 0.277. The zero-order valence-electron chi connectivity index (χ0n) is 22.8. The zero-order valence-corrected chi connectivity index (χ0v) is 22.8. The van der Waals surface area contributed by atoms with Crippen LogP contribution in [0.25, 0.3) is 10.8 Å². The van der Waals surface area contributed by atoms with Crippen LogP contribution >= 0.6 is 0 Å². The Morgan fingerprint density at radius 3 is 2.35 bits per heavy atom. The van der Waals surface area contributed by atoms with Gasteiger partial charge in [-0.25, -0.2) is 0 Å². The second-order valence-electron chi connectivity index (χ2n) is 11.2. The highest BCUT2D eigenvalue weighted by Crippen LogP contribution is 2.64. The van der Waals surface area contributed by atoms with Crippen molar-refractivity contribution < 1.29 is 24.2 Å². The number of carbonyl (C=O) groups is 3. The first-order chi connectivity index (χ1) is 19.4. The molecule has 3 amide bonds. The Bertz CT molecular complexity index is 1460. The van der Waals surface area contributed by atoms with Crippen LogP contribution in [0.2, 0.25) is 0 Å². The number of nitrogens with one attached hydrogen (secondary N) is 2. The van der Waals surface area contributed by atoms with Gasteiger partial charge in [-0.1, -0.05) is 62.4 Å². The molecule has 3 aromatic carbocycles.